The molecule has 1 amide bonds. The number of hydrogen-bond acceptors (Lipinski definition) is 3. The molecule has 1 aromatic rings. The Balaban J connectivity index is 2.30. The smallest absolute Gasteiger partial charge is 0.257 e. The first-order chi connectivity index (χ1) is 8.67. The third-order valence-electron chi connectivity index (χ3n) is 3.43. The van der Waals surface area contributed by atoms with Crippen LogP contribution >= 0.6 is 0 Å². The number of carbonyl (C=O) groups excluding carboxylic acids is 1. The number of aliphatic hydroxyl groups excluding tert-OH is 1. The van der Waals surface area contributed by atoms with Gasteiger partial charge in [0.2, 0.25) is 0 Å². The van der Waals surface area contributed by atoms with Gasteiger partial charge in [-0.15, -0.1) is 0 Å². The zero-order valence-electron chi connectivity index (χ0n) is 10.8. The van der Waals surface area contributed by atoms with E-state index in [9.17, 15) is 9.90 Å². The van der Waals surface area contributed by atoms with Crippen LogP contribution in [0.1, 0.15) is 28.8 Å². The Morgan fingerprint density at radius 1 is 1.56 bits per heavy atom. The standard InChI is InChI=1S/C14H19NO3/c1-10-5-6-13(18-2)12(8-10)14(17)15-7-3-4-11(15)9-16/h5-6,8,11,16H,3-4,7,9H2,1-2H3/t11-/m1/s1. The van der Waals surface area contributed by atoms with Gasteiger partial charge in [0.1, 0.15) is 5.75 Å². The van der Waals surface area contributed by atoms with E-state index < -0.39 is 0 Å². The van der Waals surface area contributed by atoms with E-state index in [2.05, 4.69) is 0 Å². The van der Waals surface area contributed by atoms with E-state index in [1.54, 1.807) is 12.0 Å². The fraction of sp³-hybridized carbons (Fsp3) is 0.500. The first-order valence-corrected chi connectivity index (χ1v) is 6.24. The first-order valence-electron chi connectivity index (χ1n) is 6.24. The molecule has 0 radical (unpaired) electrons. The number of rotatable bonds is 3. The number of hydrogen-bond donors (Lipinski definition) is 1. The predicted molar refractivity (Wildman–Crippen MR) is 68.9 cm³/mol. The lowest BCUT2D eigenvalue weighted by atomic mass is 10.1. The molecule has 4 nitrogen and oxygen atoms in total. The van der Waals surface area contributed by atoms with Crippen LogP contribution in [0, 0.1) is 6.92 Å². The minimum Gasteiger partial charge on any atom is -0.496 e. The summed E-state index contributed by atoms with van der Waals surface area (Å²) in [4.78, 5) is 14.2. The van der Waals surface area contributed by atoms with Gasteiger partial charge in [-0.2, -0.15) is 0 Å². The van der Waals surface area contributed by atoms with Gasteiger partial charge in [-0.3, -0.25) is 4.79 Å². The fourth-order valence-corrected chi connectivity index (χ4v) is 2.44. The van der Waals surface area contributed by atoms with Crippen molar-refractivity contribution in [3.05, 3.63) is 29.3 Å². The summed E-state index contributed by atoms with van der Waals surface area (Å²) >= 11 is 0. The van der Waals surface area contributed by atoms with Crippen LogP contribution in [0.5, 0.6) is 5.75 Å². The van der Waals surface area contributed by atoms with Crippen molar-refractivity contribution in [2.75, 3.05) is 20.3 Å². The maximum atomic E-state index is 12.5. The van der Waals surface area contributed by atoms with E-state index >= 15 is 0 Å². The van der Waals surface area contributed by atoms with Gasteiger partial charge in [0.05, 0.1) is 25.3 Å². The normalized spacial score (nSPS) is 19.1. The van der Waals surface area contributed by atoms with E-state index in [0.29, 0.717) is 17.9 Å². The average Bonchev–Trinajstić information content (AvgIpc) is 2.86. The lowest BCUT2D eigenvalue weighted by molar-refractivity contribution is 0.0674. The van der Waals surface area contributed by atoms with Gasteiger partial charge >= 0.3 is 0 Å². The topological polar surface area (TPSA) is 49.8 Å². The molecule has 0 spiro atoms. The molecular formula is C14H19NO3. The lowest BCUT2D eigenvalue weighted by Crippen LogP contribution is -2.37. The molecule has 0 aromatic heterocycles. The first kappa shape index (κ1) is 12.9. The molecule has 0 saturated carbocycles. The monoisotopic (exact) mass is 249 g/mol. The van der Waals surface area contributed by atoms with Crippen molar-refractivity contribution in [3.63, 3.8) is 0 Å². The molecule has 1 heterocycles. The second-order valence-corrected chi connectivity index (χ2v) is 4.68. The highest BCUT2D eigenvalue weighted by molar-refractivity contribution is 5.97. The summed E-state index contributed by atoms with van der Waals surface area (Å²) in [7, 11) is 1.56. The van der Waals surface area contributed by atoms with Crippen LogP contribution in [0.3, 0.4) is 0 Å². The van der Waals surface area contributed by atoms with Crippen molar-refractivity contribution in [3.8, 4) is 5.75 Å². The molecule has 1 aromatic carbocycles. The van der Waals surface area contributed by atoms with Gasteiger partial charge in [0, 0.05) is 6.54 Å². The van der Waals surface area contributed by atoms with E-state index in [4.69, 9.17) is 4.74 Å². The Hall–Kier alpha value is -1.55. The molecule has 98 valence electrons. The van der Waals surface area contributed by atoms with Gasteiger partial charge in [-0.1, -0.05) is 11.6 Å². The number of likely N-dealkylation sites (tertiary alicyclic amines) is 1. The zero-order chi connectivity index (χ0) is 13.1. The van der Waals surface area contributed by atoms with E-state index in [1.807, 2.05) is 25.1 Å². The molecule has 2 rings (SSSR count). The number of ether oxygens (including phenoxy) is 1. The van der Waals surface area contributed by atoms with Crippen molar-refractivity contribution in [1.29, 1.82) is 0 Å². The van der Waals surface area contributed by atoms with Crippen molar-refractivity contribution in [2.24, 2.45) is 0 Å². The summed E-state index contributed by atoms with van der Waals surface area (Å²) in [5, 5.41) is 9.29. The summed E-state index contributed by atoms with van der Waals surface area (Å²) in [5.74, 6) is 0.543. The average molecular weight is 249 g/mol. The molecule has 1 N–H and O–H groups in total. The summed E-state index contributed by atoms with van der Waals surface area (Å²) in [5.41, 5.74) is 1.61. The molecule has 0 bridgehead atoms. The van der Waals surface area contributed by atoms with Gasteiger partial charge in [-0.25, -0.2) is 0 Å². The van der Waals surface area contributed by atoms with E-state index in [-0.39, 0.29) is 18.6 Å². The maximum absolute atomic E-state index is 12.5. The number of aryl methyl sites for hydroxylation is 1. The SMILES string of the molecule is COc1ccc(C)cc1C(=O)N1CCC[C@@H]1CO. The number of nitrogens with zero attached hydrogens (tertiary/aromatic N) is 1. The molecule has 1 saturated heterocycles. The lowest BCUT2D eigenvalue weighted by Gasteiger charge is -2.24. The summed E-state index contributed by atoms with van der Waals surface area (Å²) < 4.78 is 5.24. The summed E-state index contributed by atoms with van der Waals surface area (Å²) in [6.45, 7) is 2.69. The van der Waals surface area contributed by atoms with E-state index in [0.717, 1.165) is 18.4 Å². The van der Waals surface area contributed by atoms with E-state index in [1.165, 1.54) is 0 Å². The minimum absolute atomic E-state index is 0.0276. The van der Waals surface area contributed by atoms with Gasteiger partial charge < -0.3 is 14.7 Å². The Morgan fingerprint density at radius 2 is 2.33 bits per heavy atom. The summed E-state index contributed by atoms with van der Waals surface area (Å²) in [6.07, 6.45) is 1.82. The number of methoxy groups -OCH3 is 1. The van der Waals surface area contributed by atoms with Crippen molar-refractivity contribution < 1.29 is 14.6 Å². The highest BCUT2D eigenvalue weighted by atomic mass is 16.5. The van der Waals surface area contributed by atoms with Gasteiger partial charge in [-0.05, 0) is 31.9 Å². The molecular weight excluding hydrogens is 230 g/mol. The Kier molecular flexibility index (Phi) is 3.87. The Morgan fingerprint density at radius 3 is 3.00 bits per heavy atom. The van der Waals surface area contributed by atoms with Crippen LogP contribution in [0.2, 0.25) is 0 Å². The third-order valence-corrected chi connectivity index (χ3v) is 3.43. The molecule has 1 aliphatic heterocycles. The molecule has 0 aliphatic carbocycles. The molecule has 0 unspecified atom stereocenters. The quantitative estimate of drug-likeness (QED) is 0.885. The third kappa shape index (κ3) is 2.34. The van der Waals surface area contributed by atoms with Crippen molar-refractivity contribution in [1.82, 2.24) is 4.90 Å². The zero-order valence-corrected chi connectivity index (χ0v) is 10.8. The second kappa shape index (κ2) is 5.40. The highest BCUT2D eigenvalue weighted by Gasteiger charge is 2.30. The number of carbonyl (C=O) groups is 1. The molecule has 4 heteroatoms. The van der Waals surface area contributed by atoms with Crippen LogP contribution in [0.4, 0.5) is 0 Å². The van der Waals surface area contributed by atoms with Crippen LogP contribution in [-0.2, 0) is 0 Å². The number of benzene rings is 1. The molecule has 1 atom stereocenters. The second-order valence-electron chi connectivity index (χ2n) is 4.68. The maximum Gasteiger partial charge on any atom is 0.257 e. The highest BCUT2D eigenvalue weighted by Crippen LogP contribution is 2.25. The van der Waals surface area contributed by atoms with Crippen LogP contribution in [0.15, 0.2) is 18.2 Å². The van der Waals surface area contributed by atoms with Crippen LogP contribution < -0.4 is 4.74 Å². The van der Waals surface area contributed by atoms with Crippen LogP contribution in [-0.4, -0.2) is 42.2 Å². The Bertz CT molecular complexity index is 445. The van der Waals surface area contributed by atoms with Gasteiger partial charge in [0.25, 0.3) is 5.91 Å². The molecule has 18 heavy (non-hydrogen) atoms. The number of aliphatic hydroxyl groups is 1. The number of amides is 1. The van der Waals surface area contributed by atoms with Crippen molar-refractivity contribution in [2.45, 2.75) is 25.8 Å². The Labute approximate surface area is 107 Å². The molecule has 1 fully saturated rings. The van der Waals surface area contributed by atoms with Gasteiger partial charge in [0.15, 0.2) is 0 Å². The molecule has 1 aliphatic rings. The fourth-order valence-electron chi connectivity index (χ4n) is 2.44. The van der Waals surface area contributed by atoms with Crippen LogP contribution in [0.25, 0.3) is 0 Å². The predicted octanol–water partition coefficient (Wildman–Crippen LogP) is 1.60. The van der Waals surface area contributed by atoms with Crippen molar-refractivity contribution >= 4 is 5.91 Å². The minimum atomic E-state index is -0.0530. The largest absolute Gasteiger partial charge is 0.496 e. The summed E-state index contributed by atoms with van der Waals surface area (Å²) in [6, 6.07) is 5.52.